The highest BCUT2D eigenvalue weighted by Crippen LogP contribution is 2.11. The monoisotopic (exact) mass is 311 g/mol. The topological polar surface area (TPSA) is 86.4 Å². The molecule has 0 bridgehead atoms. The van der Waals surface area contributed by atoms with Crippen LogP contribution in [0.4, 0.5) is 5.82 Å². The number of hydrogen-bond acceptors (Lipinski definition) is 5. The molecule has 2 N–H and O–H groups in total. The van der Waals surface area contributed by atoms with Gasteiger partial charge >= 0.3 is 0 Å². The molecule has 0 radical (unpaired) electrons. The normalized spacial score (nSPS) is 10.2. The molecule has 0 aliphatic rings. The second-order valence-corrected chi connectivity index (χ2v) is 5.01. The Balaban J connectivity index is 0.000000160. The lowest BCUT2D eigenvalue weighted by Gasteiger charge is -1.99. The van der Waals surface area contributed by atoms with Gasteiger partial charge in [-0.1, -0.05) is 7.43 Å². The summed E-state index contributed by atoms with van der Waals surface area (Å²) in [6.07, 6.45) is 8.91. The lowest BCUT2D eigenvalue weighted by molar-refractivity contribution is 0.917. The van der Waals surface area contributed by atoms with E-state index in [0.29, 0.717) is 5.82 Å². The molecule has 4 heterocycles. The number of imidazole rings is 1. The fourth-order valence-electron chi connectivity index (χ4n) is 2.14. The third kappa shape index (κ3) is 2.98. The number of rotatable bonds is 0. The molecule has 0 aromatic carbocycles. The van der Waals surface area contributed by atoms with Gasteiger partial charge in [0.2, 0.25) is 0 Å². The largest absolute Gasteiger partial charge is 0.383 e. The van der Waals surface area contributed by atoms with Crippen molar-refractivity contribution in [2.24, 2.45) is 0 Å². The third-order valence-corrected chi connectivity index (χ3v) is 3.57. The minimum absolute atomic E-state index is 0. The number of fused-ring (bicyclic) bond motifs is 2. The zero-order valence-corrected chi connectivity index (χ0v) is 12.7. The van der Waals surface area contributed by atoms with Gasteiger partial charge in [-0.15, -0.1) is 0 Å². The van der Waals surface area contributed by atoms with Crippen LogP contribution in [0.25, 0.3) is 11.3 Å². The van der Waals surface area contributed by atoms with Crippen molar-refractivity contribution in [3.8, 4) is 0 Å². The van der Waals surface area contributed by atoms with Crippen molar-refractivity contribution in [2.45, 2.75) is 28.2 Å². The van der Waals surface area contributed by atoms with Gasteiger partial charge in [-0.3, -0.25) is 4.40 Å². The van der Waals surface area contributed by atoms with Crippen LogP contribution in [0.2, 0.25) is 0 Å². The Morgan fingerprint density at radius 3 is 2.39 bits per heavy atom. The number of nitrogens with two attached hydrogens (primary N) is 1. The molecule has 4 aromatic heterocycles. The Morgan fingerprint density at radius 1 is 0.913 bits per heavy atom. The second kappa shape index (κ2) is 6.43. The van der Waals surface area contributed by atoms with Crippen molar-refractivity contribution in [3.05, 3.63) is 54.0 Å². The van der Waals surface area contributed by atoms with Crippen molar-refractivity contribution < 1.29 is 0 Å². The van der Waals surface area contributed by atoms with Crippen molar-refractivity contribution in [3.63, 3.8) is 0 Å². The van der Waals surface area contributed by atoms with E-state index in [0.717, 1.165) is 28.1 Å². The minimum atomic E-state index is 0. The van der Waals surface area contributed by atoms with Gasteiger partial charge in [-0.2, -0.15) is 5.10 Å². The maximum absolute atomic E-state index is 5.58. The molecule has 0 aliphatic heterocycles. The van der Waals surface area contributed by atoms with Crippen LogP contribution in [-0.2, 0) is 0 Å². The average molecular weight is 311 g/mol. The van der Waals surface area contributed by atoms with E-state index in [4.69, 9.17) is 5.73 Å². The molecular weight excluding hydrogens is 290 g/mol. The van der Waals surface area contributed by atoms with Crippen LogP contribution in [0, 0.1) is 20.8 Å². The fraction of sp³-hybridized carbons (Fsp3) is 0.250. The smallest absolute Gasteiger partial charge is 0.158 e. The molecule has 0 saturated carbocycles. The zero-order valence-electron chi connectivity index (χ0n) is 12.7. The molecule has 23 heavy (non-hydrogen) atoms. The van der Waals surface area contributed by atoms with E-state index in [1.165, 1.54) is 0 Å². The van der Waals surface area contributed by atoms with E-state index in [-0.39, 0.29) is 7.43 Å². The molecule has 7 nitrogen and oxygen atoms in total. The highest BCUT2D eigenvalue weighted by molar-refractivity contribution is 5.56. The first-order valence-electron chi connectivity index (χ1n) is 6.88. The van der Waals surface area contributed by atoms with Crippen LogP contribution >= 0.6 is 0 Å². The number of nitrogens with zero attached hydrogens (tertiary/aromatic N) is 6. The summed E-state index contributed by atoms with van der Waals surface area (Å²) in [7, 11) is 0. The first kappa shape index (κ1) is 16.4. The molecule has 0 aliphatic carbocycles. The Kier molecular flexibility index (Phi) is 4.59. The summed E-state index contributed by atoms with van der Waals surface area (Å²) in [5.74, 6) is 0.545. The van der Waals surface area contributed by atoms with Crippen LogP contribution in [0.3, 0.4) is 0 Å². The van der Waals surface area contributed by atoms with Gasteiger partial charge in [-0.05, 0) is 26.8 Å². The maximum Gasteiger partial charge on any atom is 0.158 e. The summed E-state index contributed by atoms with van der Waals surface area (Å²) < 4.78 is 3.64. The maximum atomic E-state index is 5.58. The zero-order chi connectivity index (χ0) is 15.7. The highest BCUT2D eigenvalue weighted by atomic mass is 15.2. The Bertz CT molecular complexity index is 936. The molecule has 0 spiro atoms. The first-order valence-corrected chi connectivity index (χ1v) is 6.88. The number of aryl methyl sites for hydroxylation is 3. The van der Waals surface area contributed by atoms with Crippen LogP contribution in [0.5, 0.6) is 0 Å². The average Bonchev–Trinajstić information content (AvgIpc) is 3.10. The number of nitrogen functional groups attached to an aromatic ring is 1. The van der Waals surface area contributed by atoms with Gasteiger partial charge < -0.3 is 5.73 Å². The van der Waals surface area contributed by atoms with Gasteiger partial charge in [0.05, 0.1) is 5.69 Å². The molecule has 120 valence electrons. The third-order valence-electron chi connectivity index (χ3n) is 3.57. The van der Waals surface area contributed by atoms with Crippen LogP contribution in [-0.4, -0.2) is 29.0 Å². The highest BCUT2D eigenvalue weighted by Gasteiger charge is 2.03. The Hall–Kier alpha value is -2.96. The van der Waals surface area contributed by atoms with E-state index in [1.54, 1.807) is 23.2 Å². The minimum Gasteiger partial charge on any atom is -0.383 e. The standard InChI is InChI=1S/C8H9N3.C7H8N4.CH4/c1-6-7(2)10-11-5-3-4-9-8(6)11;1-5-6(8)10-4-11-3-2-9-7(5)11;/h3-5H,1-2H3;2-4H,8H2,1H3;1H4. The molecule has 0 fully saturated rings. The summed E-state index contributed by atoms with van der Waals surface area (Å²) in [4.78, 5) is 12.3. The van der Waals surface area contributed by atoms with E-state index in [2.05, 4.69) is 20.1 Å². The SMILES string of the molecule is C.Cc1c(N)ncn2ccnc12.Cc1nn2cccnc2c1C. The number of anilines is 1. The molecule has 4 aromatic rings. The predicted molar refractivity (Wildman–Crippen MR) is 91.3 cm³/mol. The van der Waals surface area contributed by atoms with E-state index in [1.807, 2.05) is 43.6 Å². The van der Waals surface area contributed by atoms with Crippen molar-refractivity contribution in [1.82, 2.24) is 29.0 Å². The summed E-state index contributed by atoms with van der Waals surface area (Å²) in [6, 6.07) is 1.87. The molecule has 4 rings (SSSR count). The molecule has 0 amide bonds. The van der Waals surface area contributed by atoms with Crippen molar-refractivity contribution in [2.75, 3.05) is 5.73 Å². The van der Waals surface area contributed by atoms with Gasteiger partial charge in [0.25, 0.3) is 0 Å². The second-order valence-electron chi connectivity index (χ2n) is 5.01. The van der Waals surface area contributed by atoms with E-state index >= 15 is 0 Å². The molecule has 0 atom stereocenters. The molecule has 7 heteroatoms. The van der Waals surface area contributed by atoms with Crippen LogP contribution in [0.15, 0.2) is 37.2 Å². The quantitative estimate of drug-likeness (QED) is 0.539. The number of hydrogen-bond donors (Lipinski definition) is 1. The summed E-state index contributed by atoms with van der Waals surface area (Å²) in [5, 5.41) is 4.27. The first-order chi connectivity index (χ1) is 10.6. The van der Waals surface area contributed by atoms with Crippen LogP contribution < -0.4 is 5.73 Å². The lowest BCUT2D eigenvalue weighted by Crippen LogP contribution is -1.97. The lowest BCUT2D eigenvalue weighted by atomic mass is 10.3. The molecule has 0 saturated heterocycles. The van der Waals surface area contributed by atoms with Gasteiger partial charge in [0, 0.05) is 35.9 Å². The Morgan fingerprint density at radius 2 is 1.65 bits per heavy atom. The van der Waals surface area contributed by atoms with Gasteiger partial charge in [0.15, 0.2) is 5.65 Å². The molecular formula is C16H21N7. The summed E-state index contributed by atoms with van der Waals surface area (Å²) in [5.41, 5.74) is 10.5. The van der Waals surface area contributed by atoms with E-state index in [9.17, 15) is 0 Å². The number of aromatic nitrogens is 6. The van der Waals surface area contributed by atoms with Crippen molar-refractivity contribution >= 4 is 17.1 Å². The molecule has 0 unspecified atom stereocenters. The Labute approximate surface area is 134 Å². The van der Waals surface area contributed by atoms with Crippen molar-refractivity contribution in [1.29, 1.82) is 0 Å². The summed E-state index contributed by atoms with van der Waals surface area (Å²) >= 11 is 0. The fourth-order valence-corrected chi connectivity index (χ4v) is 2.14. The van der Waals surface area contributed by atoms with Crippen LogP contribution in [0.1, 0.15) is 24.2 Å². The van der Waals surface area contributed by atoms with Gasteiger partial charge in [0.1, 0.15) is 17.8 Å². The van der Waals surface area contributed by atoms with Gasteiger partial charge in [-0.25, -0.2) is 19.5 Å². The van der Waals surface area contributed by atoms with E-state index < -0.39 is 0 Å². The summed E-state index contributed by atoms with van der Waals surface area (Å²) in [6.45, 7) is 5.93. The predicted octanol–water partition coefficient (Wildman–Crippen LogP) is 2.60.